The third-order valence-electron chi connectivity index (χ3n) is 7.45. The van der Waals surface area contributed by atoms with Gasteiger partial charge in [-0.25, -0.2) is 0 Å². The molecule has 0 aromatic heterocycles. The maximum atomic E-state index is 6.51. The first-order valence-electron chi connectivity index (χ1n) is 13.9. The van der Waals surface area contributed by atoms with Gasteiger partial charge in [-0.3, -0.25) is 5.01 Å². The van der Waals surface area contributed by atoms with E-state index in [2.05, 4.69) is 53.6 Å². The molecular formula is C38H29Cl2N3. The molecule has 2 N–H and O–H groups in total. The van der Waals surface area contributed by atoms with Crippen molar-refractivity contribution in [3.63, 3.8) is 0 Å². The number of nitrogens with zero attached hydrogens (tertiary/aromatic N) is 2. The summed E-state index contributed by atoms with van der Waals surface area (Å²) >= 11 is 12.9. The van der Waals surface area contributed by atoms with Gasteiger partial charge in [0.05, 0.1) is 11.9 Å². The minimum atomic E-state index is 0.648. The lowest BCUT2D eigenvalue weighted by Crippen LogP contribution is -2.09. The predicted molar refractivity (Wildman–Crippen MR) is 185 cm³/mol. The summed E-state index contributed by atoms with van der Waals surface area (Å²) in [5.41, 5.74) is 17.6. The Hall–Kier alpha value is -4.83. The molecule has 0 heterocycles. The average Bonchev–Trinajstić information content (AvgIpc) is 3.05. The molecule has 0 amide bonds. The minimum Gasteiger partial charge on any atom is -0.398 e. The van der Waals surface area contributed by atoms with Gasteiger partial charge in [0.2, 0.25) is 0 Å². The summed E-state index contributed by atoms with van der Waals surface area (Å²) in [7, 11) is 1.91. The van der Waals surface area contributed by atoms with Gasteiger partial charge in [-0.05, 0) is 87.0 Å². The third-order valence-corrected chi connectivity index (χ3v) is 7.92. The Bertz CT molecular complexity index is 1900. The second-order valence-electron chi connectivity index (χ2n) is 10.3. The number of halogens is 2. The van der Waals surface area contributed by atoms with Gasteiger partial charge in [-0.1, -0.05) is 120 Å². The van der Waals surface area contributed by atoms with Crippen molar-refractivity contribution in [3.8, 4) is 44.5 Å². The summed E-state index contributed by atoms with van der Waals surface area (Å²) < 4.78 is 0. The lowest BCUT2D eigenvalue weighted by Gasteiger charge is -2.15. The molecule has 0 saturated carbocycles. The molecule has 0 fully saturated rings. The molecule has 5 heteroatoms. The molecular weight excluding hydrogens is 569 g/mol. The number of hydrogen-bond acceptors (Lipinski definition) is 3. The van der Waals surface area contributed by atoms with Crippen LogP contribution < -0.4 is 10.7 Å². The summed E-state index contributed by atoms with van der Waals surface area (Å²) in [5, 5.41) is 7.78. The van der Waals surface area contributed by atoms with E-state index in [1.54, 1.807) is 6.21 Å². The fourth-order valence-electron chi connectivity index (χ4n) is 5.18. The van der Waals surface area contributed by atoms with Crippen molar-refractivity contribution < 1.29 is 0 Å². The molecule has 0 aliphatic carbocycles. The first-order valence-corrected chi connectivity index (χ1v) is 14.7. The van der Waals surface area contributed by atoms with E-state index in [9.17, 15) is 0 Å². The van der Waals surface area contributed by atoms with Gasteiger partial charge >= 0.3 is 0 Å². The van der Waals surface area contributed by atoms with Crippen LogP contribution in [0.3, 0.4) is 0 Å². The van der Waals surface area contributed by atoms with Crippen molar-refractivity contribution in [1.29, 1.82) is 0 Å². The van der Waals surface area contributed by atoms with Crippen LogP contribution >= 0.6 is 23.2 Å². The van der Waals surface area contributed by atoms with Gasteiger partial charge in [0.1, 0.15) is 0 Å². The predicted octanol–water partition coefficient (Wildman–Crippen LogP) is 10.7. The molecule has 43 heavy (non-hydrogen) atoms. The zero-order valence-corrected chi connectivity index (χ0v) is 25.1. The minimum absolute atomic E-state index is 0.648. The molecule has 0 atom stereocenters. The molecule has 0 saturated heterocycles. The van der Waals surface area contributed by atoms with Crippen molar-refractivity contribution >= 4 is 40.8 Å². The highest BCUT2D eigenvalue weighted by Crippen LogP contribution is 2.38. The van der Waals surface area contributed by atoms with Crippen LogP contribution in [0.1, 0.15) is 5.56 Å². The molecule has 0 radical (unpaired) electrons. The topological polar surface area (TPSA) is 41.6 Å². The van der Waals surface area contributed by atoms with E-state index < -0.39 is 0 Å². The fraction of sp³-hybridized carbons (Fsp3) is 0.0263. The van der Waals surface area contributed by atoms with Gasteiger partial charge in [0.25, 0.3) is 0 Å². The van der Waals surface area contributed by atoms with Gasteiger partial charge in [0, 0.05) is 28.3 Å². The van der Waals surface area contributed by atoms with Crippen LogP contribution in [0.25, 0.3) is 44.5 Å². The van der Waals surface area contributed by atoms with Gasteiger partial charge in [0.15, 0.2) is 0 Å². The molecule has 0 spiro atoms. The SMILES string of the molecule is CN(N=Cc1ccc(-c2ccc(Cl)cc2-c2ccc(-c3ccc(Cl)cc3-c3ccccc3)cc2)cc1N)c1ccccc1. The van der Waals surface area contributed by atoms with Crippen LogP contribution in [0.2, 0.25) is 10.0 Å². The number of hydrazone groups is 1. The number of benzene rings is 6. The van der Waals surface area contributed by atoms with E-state index in [1.165, 1.54) is 0 Å². The van der Waals surface area contributed by atoms with E-state index >= 15 is 0 Å². The third kappa shape index (κ3) is 6.34. The summed E-state index contributed by atoms with van der Waals surface area (Å²) in [4.78, 5) is 0. The first kappa shape index (κ1) is 28.3. The highest BCUT2D eigenvalue weighted by molar-refractivity contribution is 6.31. The van der Waals surface area contributed by atoms with Crippen LogP contribution in [-0.2, 0) is 0 Å². The molecule has 0 aliphatic heterocycles. The highest BCUT2D eigenvalue weighted by atomic mass is 35.5. The molecule has 0 unspecified atom stereocenters. The van der Waals surface area contributed by atoms with E-state index in [0.717, 1.165) is 55.8 Å². The van der Waals surface area contributed by atoms with E-state index in [1.807, 2.05) is 103 Å². The molecule has 3 nitrogen and oxygen atoms in total. The molecule has 6 aromatic rings. The molecule has 210 valence electrons. The lowest BCUT2D eigenvalue weighted by molar-refractivity contribution is 1.02. The molecule has 0 bridgehead atoms. The van der Waals surface area contributed by atoms with E-state index in [0.29, 0.717) is 15.7 Å². The van der Waals surface area contributed by atoms with Crippen molar-refractivity contribution in [3.05, 3.63) is 155 Å². The van der Waals surface area contributed by atoms with Crippen LogP contribution in [-0.4, -0.2) is 13.3 Å². The number of rotatable bonds is 7. The summed E-state index contributed by atoms with van der Waals surface area (Å²) in [6, 6.07) is 46.9. The van der Waals surface area contributed by atoms with Crippen molar-refractivity contribution in [2.75, 3.05) is 17.8 Å². The monoisotopic (exact) mass is 597 g/mol. The summed E-state index contributed by atoms with van der Waals surface area (Å²) in [6.45, 7) is 0. The Balaban J connectivity index is 1.31. The maximum Gasteiger partial charge on any atom is 0.0590 e. The Morgan fingerprint density at radius 1 is 0.535 bits per heavy atom. The normalized spacial score (nSPS) is 11.1. The summed E-state index contributed by atoms with van der Waals surface area (Å²) in [5.74, 6) is 0. The maximum absolute atomic E-state index is 6.51. The van der Waals surface area contributed by atoms with E-state index in [4.69, 9.17) is 28.9 Å². The van der Waals surface area contributed by atoms with Gasteiger partial charge in [-0.2, -0.15) is 5.10 Å². The van der Waals surface area contributed by atoms with Crippen molar-refractivity contribution in [1.82, 2.24) is 0 Å². The zero-order chi connectivity index (χ0) is 29.8. The Labute approximate surface area is 262 Å². The number of nitrogen functional groups attached to an aromatic ring is 1. The number of para-hydroxylation sites is 1. The Kier molecular flexibility index (Phi) is 8.28. The van der Waals surface area contributed by atoms with Crippen molar-refractivity contribution in [2.24, 2.45) is 5.10 Å². The average molecular weight is 599 g/mol. The number of nitrogens with two attached hydrogens (primary N) is 1. The van der Waals surface area contributed by atoms with Crippen LogP contribution in [0.4, 0.5) is 11.4 Å². The van der Waals surface area contributed by atoms with Gasteiger partial charge in [-0.15, -0.1) is 0 Å². The quantitative estimate of drug-likeness (QED) is 0.113. The summed E-state index contributed by atoms with van der Waals surface area (Å²) in [6.07, 6.45) is 1.79. The smallest absolute Gasteiger partial charge is 0.0590 e. The lowest BCUT2D eigenvalue weighted by atomic mass is 9.91. The Morgan fingerprint density at radius 2 is 1.02 bits per heavy atom. The molecule has 6 aromatic carbocycles. The molecule has 0 aliphatic rings. The van der Waals surface area contributed by atoms with Crippen molar-refractivity contribution in [2.45, 2.75) is 0 Å². The van der Waals surface area contributed by atoms with Gasteiger partial charge < -0.3 is 5.73 Å². The second kappa shape index (κ2) is 12.6. The number of hydrogen-bond donors (Lipinski definition) is 1. The van der Waals surface area contributed by atoms with E-state index in [-0.39, 0.29) is 0 Å². The van der Waals surface area contributed by atoms with Crippen LogP contribution in [0.5, 0.6) is 0 Å². The zero-order valence-electron chi connectivity index (χ0n) is 23.6. The first-order chi connectivity index (χ1) is 21.0. The standard InChI is InChI=1S/C38H29Cl2N3/c1-43(33-10-6-3-7-11-33)42-25-30-17-16-29(22-38(30)41)35-21-19-32(40)24-37(35)28-14-12-27(13-15-28)34-20-18-31(39)23-36(34)26-8-4-2-5-9-26/h2-25H,41H2,1H3. The largest absolute Gasteiger partial charge is 0.398 e. The van der Waals surface area contributed by atoms with Crippen LogP contribution in [0.15, 0.2) is 145 Å². The van der Waals surface area contributed by atoms with Crippen LogP contribution in [0, 0.1) is 0 Å². The fourth-order valence-corrected chi connectivity index (χ4v) is 5.52. The molecule has 6 rings (SSSR count). The second-order valence-corrected chi connectivity index (χ2v) is 11.1. The Morgan fingerprint density at radius 3 is 1.60 bits per heavy atom. The number of anilines is 2. The highest BCUT2D eigenvalue weighted by Gasteiger charge is 2.13.